The maximum Gasteiger partial charge on any atom is 0.252 e. The van der Waals surface area contributed by atoms with Gasteiger partial charge in [0.2, 0.25) is 0 Å². The molecule has 3 heterocycles. The van der Waals surface area contributed by atoms with Crippen molar-refractivity contribution in [3.8, 4) is 0 Å². The highest BCUT2D eigenvalue weighted by Gasteiger charge is 2.20. The minimum atomic E-state index is 0.0260. The van der Waals surface area contributed by atoms with Crippen LogP contribution in [0.4, 0.5) is 0 Å². The Bertz CT molecular complexity index is 639. The zero-order valence-corrected chi connectivity index (χ0v) is 14.7. The van der Waals surface area contributed by atoms with Crippen molar-refractivity contribution < 1.29 is 4.79 Å². The van der Waals surface area contributed by atoms with Gasteiger partial charge in [-0.3, -0.25) is 9.69 Å². The molecule has 0 unspecified atom stereocenters. The number of aromatic nitrogens is 1. The summed E-state index contributed by atoms with van der Waals surface area (Å²) >= 11 is 1.89. The minimum absolute atomic E-state index is 0.0260. The van der Waals surface area contributed by atoms with Crippen LogP contribution in [0.25, 0.3) is 0 Å². The Morgan fingerprint density at radius 1 is 1.39 bits per heavy atom. The van der Waals surface area contributed by atoms with Crippen LogP contribution < -0.4 is 5.32 Å². The van der Waals surface area contributed by atoms with E-state index in [0.717, 1.165) is 39.0 Å². The summed E-state index contributed by atoms with van der Waals surface area (Å²) in [5.74, 6) is 0.623. The predicted octanol–water partition coefficient (Wildman–Crippen LogP) is 3.34. The smallest absolute Gasteiger partial charge is 0.252 e. The lowest BCUT2D eigenvalue weighted by atomic mass is 9.96. The molecular formula is C18H25N3OS. The monoisotopic (exact) mass is 331 g/mol. The van der Waals surface area contributed by atoms with Gasteiger partial charge in [0.05, 0.1) is 5.56 Å². The molecule has 0 aromatic carbocycles. The summed E-state index contributed by atoms with van der Waals surface area (Å²) in [6.07, 6.45) is 5.84. The van der Waals surface area contributed by atoms with Gasteiger partial charge in [-0.05, 0) is 63.4 Å². The van der Waals surface area contributed by atoms with Crippen LogP contribution in [0, 0.1) is 19.8 Å². The number of carbonyl (C=O) groups excluding carboxylic acids is 1. The SMILES string of the molecule is Cc1cc(CN2CCC(CNC(=O)c3cc[nH]c3)CC2)c(C)s1. The Morgan fingerprint density at radius 3 is 2.78 bits per heavy atom. The lowest BCUT2D eigenvalue weighted by Gasteiger charge is -2.32. The molecule has 5 heteroatoms. The number of piperidine rings is 1. The van der Waals surface area contributed by atoms with E-state index in [2.05, 4.69) is 35.1 Å². The van der Waals surface area contributed by atoms with Crippen molar-refractivity contribution in [1.29, 1.82) is 0 Å². The molecule has 2 aromatic rings. The van der Waals surface area contributed by atoms with Crippen LogP contribution >= 0.6 is 11.3 Å². The summed E-state index contributed by atoms with van der Waals surface area (Å²) in [6, 6.07) is 4.13. The van der Waals surface area contributed by atoms with E-state index in [1.54, 1.807) is 12.4 Å². The number of amides is 1. The van der Waals surface area contributed by atoms with Crippen molar-refractivity contribution >= 4 is 17.2 Å². The molecule has 1 fully saturated rings. The summed E-state index contributed by atoms with van der Waals surface area (Å²) in [6.45, 7) is 8.50. The van der Waals surface area contributed by atoms with Gasteiger partial charge >= 0.3 is 0 Å². The lowest BCUT2D eigenvalue weighted by molar-refractivity contribution is 0.0935. The van der Waals surface area contributed by atoms with Crippen molar-refractivity contribution in [2.45, 2.75) is 33.2 Å². The molecule has 1 saturated heterocycles. The molecular weight excluding hydrogens is 306 g/mol. The third-order valence-electron chi connectivity index (χ3n) is 4.66. The zero-order valence-electron chi connectivity index (χ0n) is 13.9. The number of aryl methyl sites for hydroxylation is 2. The standard InChI is InChI=1S/C18H25N3OS/c1-13-9-17(14(2)23-13)12-21-7-4-15(5-8-21)10-20-18(22)16-3-6-19-11-16/h3,6,9,11,15,19H,4-5,7-8,10,12H2,1-2H3,(H,20,22). The zero-order chi connectivity index (χ0) is 16.2. The average molecular weight is 331 g/mol. The summed E-state index contributed by atoms with van der Waals surface area (Å²) in [5.41, 5.74) is 2.19. The van der Waals surface area contributed by atoms with Gasteiger partial charge in [-0.2, -0.15) is 0 Å². The molecule has 2 N–H and O–H groups in total. The molecule has 0 spiro atoms. The molecule has 1 aliphatic rings. The Morgan fingerprint density at radius 2 is 2.17 bits per heavy atom. The van der Waals surface area contributed by atoms with Crippen molar-refractivity contribution in [1.82, 2.24) is 15.2 Å². The minimum Gasteiger partial charge on any atom is -0.367 e. The van der Waals surface area contributed by atoms with Gasteiger partial charge in [-0.1, -0.05) is 0 Å². The Kier molecular flexibility index (Phi) is 5.18. The van der Waals surface area contributed by atoms with E-state index in [1.807, 2.05) is 17.4 Å². The summed E-state index contributed by atoms with van der Waals surface area (Å²) in [5, 5.41) is 3.06. The number of rotatable bonds is 5. The van der Waals surface area contributed by atoms with E-state index in [1.165, 1.54) is 15.3 Å². The molecule has 0 saturated carbocycles. The van der Waals surface area contributed by atoms with Crippen molar-refractivity contribution in [3.63, 3.8) is 0 Å². The van der Waals surface area contributed by atoms with E-state index in [-0.39, 0.29) is 5.91 Å². The van der Waals surface area contributed by atoms with Gasteiger partial charge in [0.15, 0.2) is 0 Å². The number of carbonyl (C=O) groups is 1. The molecule has 23 heavy (non-hydrogen) atoms. The van der Waals surface area contributed by atoms with Gasteiger partial charge < -0.3 is 10.3 Å². The Labute approximate surface area is 141 Å². The van der Waals surface area contributed by atoms with E-state index < -0.39 is 0 Å². The van der Waals surface area contributed by atoms with Crippen molar-refractivity contribution in [2.24, 2.45) is 5.92 Å². The van der Waals surface area contributed by atoms with Crippen LogP contribution in [0.2, 0.25) is 0 Å². The molecule has 0 radical (unpaired) electrons. The largest absolute Gasteiger partial charge is 0.367 e. The molecule has 124 valence electrons. The van der Waals surface area contributed by atoms with Crippen LogP contribution in [0.15, 0.2) is 24.5 Å². The highest BCUT2D eigenvalue weighted by molar-refractivity contribution is 7.12. The van der Waals surface area contributed by atoms with Gasteiger partial charge in [0, 0.05) is 35.2 Å². The number of H-pyrrole nitrogens is 1. The first-order valence-electron chi connectivity index (χ1n) is 8.31. The first kappa shape index (κ1) is 16.3. The van der Waals surface area contributed by atoms with Crippen molar-refractivity contribution in [2.75, 3.05) is 19.6 Å². The van der Waals surface area contributed by atoms with Crippen LogP contribution in [0.3, 0.4) is 0 Å². The van der Waals surface area contributed by atoms with Crippen LogP contribution in [-0.4, -0.2) is 35.4 Å². The van der Waals surface area contributed by atoms with Gasteiger partial charge in [-0.15, -0.1) is 11.3 Å². The summed E-state index contributed by atoms with van der Waals surface area (Å²) in [7, 11) is 0. The fourth-order valence-electron chi connectivity index (χ4n) is 3.23. The Balaban J connectivity index is 1.42. The van der Waals surface area contributed by atoms with E-state index in [0.29, 0.717) is 11.5 Å². The first-order chi connectivity index (χ1) is 11.1. The maximum absolute atomic E-state index is 12.0. The fraction of sp³-hybridized carbons (Fsp3) is 0.500. The molecule has 1 aliphatic heterocycles. The average Bonchev–Trinajstić information content (AvgIpc) is 3.17. The number of hydrogen-bond donors (Lipinski definition) is 2. The van der Waals surface area contributed by atoms with Gasteiger partial charge in [0.1, 0.15) is 0 Å². The second-order valence-electron chi connectivity index (χ2n) is 6.47. The summed E-state index contributed by atoms with van der Waals surface area (Å²) < 4.78 is 0. The van der Waals surface area contributed by atoms with Crippen LogP contribution in [0.1, 0.15) is 38.5 Å². The maximum atomic E-state index is 12.0. The molecule has 1 amide bonds. The lowest BCUT2D eigenvalue weighted by Crippen LogP contribution is -2.38. The van der Waals surface area contributed by atoms with Gasteiger partial charge in [0.25, 0.3) is 5.91 Å². The quantitative estimate of drug-likeness (QED) is 0.883. The van der Waals surface area contributed by atoms with E-state index >= 15 is 0 Å². The Hall–Kier alpha value is -1.59. The topological polar surface area (TPSA) is 48.1 Å². The van der Waals surface area contributed by atoms with E-state index in [9.17, 15) is 4.79 Å². The fourth-order valence-corrected chi connectivity index (χ4v) is 4.17. The highest BCUT2D eigenvalue weighted by atomic mass is 32.1. The number of hydrogen-bond acceptors (Lipinski definition) is 3. The number of nitrogens with zero attached hydrogens (tertiary/aromatic N) is 1. The molecule has 0 aliphatic carbocycles. The molecule has 2 aromatic heterocycles. The molecule has 0 bridgehead atoms. The second-order valence-corrected chi connectivity index (χ2v) is 7.93. The normalized spacial score (nSPS) is 16.6. The third-order valence-corrected chi connectivity index (χ3v) is 5.66. The number of thiophene rings is 1. The molecule has 3 rings (SSSR count). The third kappa shape index (κ3) is 4.24. The summed E-state index contributed by atoms with van der Waals surface area (Å²) in [4.78, 5) is 20.3. The number of likely N-dealkylation sites (tertiary alicyclic amines) is 1. The van der Waals surface area contributed by atoms with Crippen LogP contribution in [0.5, 0.6) is 0 Å². The number of aromatic amines is 1. The van der Waals surface area contributed by atoms with Gasteiger partial charge in [-0.25, -0.2) is 0 Å². The first-order valence-corrected chi connectivity index (χ1v) is 9.12. The van der Waals surface area contributed by atoms with Crippen molar-refractivity contribution in [3.05, 3.63) is 45.4 Å². The predicted molar refractivity (Wildman–Crippen MR) is 94.9 cm³/mol. The van der Waals surface area contributed by atoms with Crippen LogP contribution in [-0.2, 0) is 6.54 Å². The second kappa shape index (κ2) is 7.32. The molecule has 4 nitrogen and oxygen atoms in total. The van der Waals surface area contributed by atoms with E-state index in [4.69, 9.17) is 0 Å². The highest BCUT2D eigenvalue weighted by Crippen LogP contribution is 2.24. The molecule has 0 atom stereocenters. The number of nitrogens with one attached hydrogen (secondary N) is 2.